The summed E-state index contributed by atoms with van der Waals surface area (Å²) in [7, 11) is 0. The fourth-order valence-corrected chi connectivity index (χ4v) is 4.05. The lowest BCUT2D eigenvalue weighted by molar-refractivity contribution is -0.144. The van der Waals surface area contributed by atoms with Gasteiger partial charge in [-0.25, -0.2) is 0 Å². The van der Waals surface area contributed by atoms with E-state index in [1.54, 1.807) is 0 Å². The lowest BCUT2D eigenvalue weighted by Crippen LogP contribution is -2.11. The van der Waals surface area contributed by atoms with Crippen molar-refractivity contribution < 1.29 is 23.7 Å². The lowest BCUT2D eigenvalue weighted by atomic mass is 10.1. The average molecular weight is 501 g/mol. The minimum Gasteiger partial charge on any atom is -0.466 e. The zero-order chi connectivity index (χ0) is 25.5. The van der Waals surface area contributed by atoms with E-state index in [9.17, 15) is 4.79 Å². The topological polar surface area (TPSA) is 54.0 Å². The normalized spacial score (nSPS) is 11.3. The predicted molar refractivity (Wildman–Crippen MR) is 147 cm³/mol. The Bertz CT molecular complexity index is 402. The molecule has 0 atom stereocenters. The van der Waals surface area contributed by atoms with Crippen molar-refractivity contribution in [3.05, 3.63) is 0 Å². The number of carbonyl (C=O) groups is 1. The monoisotopic (exact) mass is 500 g/mol. The molecule has 0 fully saturated rings. The van der Waals surface area contributed by atoms with Gasteiger partial charge in [0.05, 0.1) is 33.0 Å². The predicted octanol–water partition coefficient (Wildman–Crippen LogP) is 8.42. The van der Waals surface area contributed by atoms with Crippen LogP contribution in [-0.4, -0.2) is 52.2 Å². The Hall–Kier alpha value is -0.650. The number of carbonyl (C=O) groups excluding carboxylic acids is 1. The third-order valence-corrected chi connectivity index (χ3v) is 6.32. The summed E-state index contributed by atoms with van der Waals surface area (Å²) in [4.78, 5) is 11.8. The Morgan fingerprint density at radius 2 is 0.743 bits per heavy atom. The molecule has 0 saturated carbocycles. The maximum absolute atomic E-state index is 11.8. The summed E-state index contributed by atoms with van der Waals surface area (Å²) < 4.78 is 22.0. The highest BCUT2D eigenvalue weighted by Crippen LogP contribution is 2.11. The molecule has 0 bridgehead atoms. The molecule has 0 aliphatic carbocycles. The number of esters is 1. The smallest absolute Gasteiger partial charge is 0.305 e. The molecule has 0 amide bonds. The van der Waals surface area contributed by atoms with E-state index in [2.05, 4.69) is 13.8 Å². The fourth-order valence-electron chi connectivity index (χ4n) is 4.05. The maximum atomic E-state index is 11.8. The second-order valence-electron chi connectivity index (χ2n) is 9.82. The van der Waals surface area contributed by atoms with E-state index in [1.807, 2.05) is 0 Å². The Kier molecular flexibility index (Phi) is 30.8. The van der Waals surface area contributed by atoms with Crippen LogP contribution in [0.1, 0.15) is 142 Å². The van der Waals surface area contributed by atoms with Gasteiger partial charge in [-0.2, -0.15) is 0 Å². The molecule has 0 rings (SSSR count). The molecule has 0 aromatic rings. The van der Waals surface area contributed by atoms with Crippen LogP contribution in [0.25, 0.3) is 0 Å². The van der Waals surface area contributed by atoms with Crippen LogP contribution in [0.15, 0.2) is 0 Å². The quantitative estimate of drug-likeness (QED) is 0.0731. The van der Waals surface area contributed by atoms with Gasteiger partial charge in [0.25, 0.3) is 0 Å². The van der Waals surface area contributed by atoms with E-state index >= 15 is 0 Å². The molecule has 0 heterocycles. The van der Waals surface area contributed by atoms with E-state index in [0.717, 1.165) is 25.9 Å². The van der Waals surface area contributed by atoms with Crippen molar-refractivity contribution in [2.45, 2.75) is 142 Å². The molecule has 0 spiro atoms. The van der Waals surface area contributed by atoms with Gasteiger partial charge in [0.2, 0.25) is 0 Å². The second kappa shape index (κ2) is 31.4. The van der Waals surface area contributed by atoms with Gasteiger partial charge < -0.3 is 18.9 Å². The van der Waals surface area contributed by atoms with Gasteiger partial charge in [0, 0.05) is 19.6 Å². The third-order valence-electron chi connectivity index (χ3n) is 6.32. The minimum absolute atomic E-state index is 0.102. The van der Waals surface area contributed by atoms with Crippen LogP contribution in [0.3, 0.4) is 0 Å². The van der Waals surface area contributed by atoms with Crippen LogP contribution in [-0.2, 0) is 23.7 Å². The Morgan fingerprint density at radius 3 is 1.20 bits per heavy atom. The van der Waals surface area contributed by atoms with Crippen molar-refractivity contribution in [1.29, 1.82) is 0 Å². The van der Waals surface area contributed by atoms with Crippen LogP contribution in [0, 0.1) is 0 Å². The molecule has 35 heavy (non-hydrogen) atoms. The van der Waals surface area contributed by atoms with E-state index in [0.29, 0.717) is 52.5 Å². The number of hydrogen-bond acceptors (Lipinski definition) is 5. The molecule has 0 aromatic heterocycles. The van der Waals surface area contributed by atoms with Crippen LogP contribution in [0.4, 0.5) is 0 Å². The first kappa shape index (κ1) is 34.4. The van der Waals surface area contributed by atoms with Gasteiger partial charge in [0.15, 0.2) is 0 Å². The molecule has 0 aliphatic rings. The average Bonchev–Trinajstić information content (AvgIpc) is 2.86. The molecule has 5 heteroatoms. The standard InChI is InChI=1S/C30H60O5/c1-3-5-7-9-11-13-14-16-18-20-25-35-30(31)22-21-24-33-27-29-34-28-26-32-23-19-17-15-12-10-8-6-4-2/h3-29H2,1-2H3. The summed E-state index contributed by atoms with van der Waals surface area (Å²) in [5, 5.41) is 0. The number of hydrogen-bond donors (Lipinski definition) is 0. The van der Waals surface area contributed by atoms with Gasteiger partial charge in [0.1, 0.15) is 0 Å². The second-order valence-corrected chi connectivity index (χ2v) is 9.82. The Morgan fingerprint density at radius 1 is 0.400 bits per heavy atom. The van der Waals surface area contributed by atoms with Crippen molar-refractivity contribution >= 4 is 5.97 Å². The first-order valence-corrected chi connectivity index (χ1v) is 15.2. The summed E-state index contributed by atoms with van der Waals surface area (Å²) >= 11 is 0. The molecule has 0 aliphatic heterocycles. The molecule has 0 unspecified atom stereocenters. The molecule has 0 aromatic carbocycles. The summed E-state index contributed by atoms with van der Waals surface area (Å²) in [5.41, 5.74) is 0. The van der Waals surface area contributed by atoms with Gasteiger partial charge in [-0.15, -0.1) is 0 Å². The maximum Gasteiger partial charge on any atom is 0.305 e. The highest BCUT2D eigenvalue weighted by Gasteiger charge is 2.03. The highest BCUT2D eigenvalue weighted by molar-refractivity contribution is 5.69. The van der Waals surface area contributed by atoms with E-state index < -0.39 is 0 Å². The SMILES string of the molecule is CCCCCCCCCCCCOC(=O)CCCOCCOCCOCCCCCCCCCC. The van der Waals surface area contributed by atoms with Gasteiger partial charge >= 0.3 is 5.97 Å². The van der Waals surface area contributed by atoms with E-state index in [4.69, 9.17) is 18.9 Å². The molecule has 210 valence electrons. The molecule has 0 saturated heterocycles. The van der Waals surface area contributed by atoms with Crippen LogP contribution in [0.5, 0.6) is 0 Å². The van der Waals surface area contributed by atoms with Gasteiger partial charge in [-0.1, -0.05) is 117 Å². The van der Waals surface area contributed by atoms with E-state index in [1.165, 1.54) is 96.3 Å². The lowest BCUT2D eigenvalue weighted by Gasteiger charge is -2.07. The molecule has 0 radical (unpaired) electrons. The number of unbranched alkanes of at least 4 members (excludes halogenated alkanes) is 16. The van der Waals surface area contributed by atoms with E-state index in [-0.39, 0.29) is 5.97 Å². The van der Waals surface area contributed by atoms with Crippen LogP contribution < -0.4 is 0 Å². The minimum atomic E-state index is -0.102. The van der Waals surface area contributed by atoms with Gasteiger partial charge in [-0.05, 0) is 19.3 Å². The Labute approximate surface area is 218 Å². The number of rotatable bonds is 30. The highest BCUT2D eigenvalue weighted by atomic mass is 16.5. The van der Waals surface area contributed by atoms with Crippen molar-refractivity contribution in [1.82, 2.24) is 0 Å². The van der Waals surface area contributed by atoms with Crippen LogP contribution >= 0.6 is 0 Å². The Balaban J connectivity index is 3.13. The number of ether oxygens (including phenoxy) is 4. The van der Waals surface area contributed by atoms with Crippen molar-refractivity contribution in [3.63, 3.8) is 0 Å². The summed E-state index contributed by atoms with van der Waals surface area (Å²) in [6, 6.07) is 0. The zero-order valence-electron chi connectivity index (χ0n) is 23.6. The van der Waals surface area contributed by atoms with Crippen molar-refractivity contribution in [3.8, 4) is 0 Å². The summed E-state index contributed by atoms with van der Waals surface area (Å²) in [6.07, 6.45) is 24.6. The van der Waals surface area contributed by atoms with Crippen molar-refractivity contribution in [2.75, 3.05) is 46.2 Å². The van der Waals surface area contributed by atoms with Gasteiger partial charge in [-0.3, -0.25) is 4.79 Å². The molecule has 0 N–H and O–H groups in total. The molecular weight excluding hydrogens is 440 g/mol. The first-order chi connectivity index (χ1) is 17.3. The summed E-state index contributed by atoms with van der Waals surface area (Å²) in [6.45, 7) is 8.90. The molecular formula is C30H60O5. The first-order valence-electron chi connectivity index (χ1n) is 15.2. The summed E-state index contributed by atoms with van der Waals surface area (Å²) in [5.74, 6) is -0.102. The zero-order valence-corrected chi connectivity index (χ0v) is 23.6. The van der Waals surface area contributed by atoms with Crippen LogP contribution in [0.2, 0.25) is 0 Å². The fraction of sp³-hybridized carbons (Fsp3) is 0.967. The third kappa shape index (κ3) is 31.3. The van der Waals surface area contributed by atoms with Crippen molar-refractivity contribution in [2.24, 2.45) is 0 Å². The largest absolute Gasteiger partial charge is 0.466 e. The molecule has 5 nitrogen and oxygen atoms in total.